The SMILES string of the molecule is CCOc1ncc(C)c2c1C(c1ccc(C#N)cc1OC)C(C(N)=O)=C(C)N2.CCOc1ncc(C)c2c1C(c1ccc(C#N)cc1OC)C(C(N)=O)=C(C)N2.I.IC(I)I. The van der Waals surface area contributed by atoms with E-state index in [9.17, 15) is 20.1 Å². The molecule has 2 aromatic heterocycles. The maximum atomic E-state index is 12.4. The van der Waals surface area contributed by atoms with Gasteiger partial charge < -0.3 is 41.0 Å². The minimum Gasteiger partial charge on any atom is -0.496 e. The third kappa shape index (κ3) is 11.7. The Morgan fingerprint density at radius 3 is 1.34 bits per heavy atom. The van der Waals surface area contributed by atoms with Gasteiger partial charge in [-0.3, -0.25) is 9.59 Å². The van der Waals surface area contributed by atoms with Crippen molar-refractivity contribution in [1.82, 2.24) is 9.97 Å². The number of ether oxygens (including phenoxy) is 4. The fourth-order valence-electron chi connectivity index (χ4n) is 7.13. The highest BCUT2D eigenvalue weighted by atomic mass is 127. The number of nitrogens with zero attached hydrogens (tertiary/aromatic N) is 4. The maximum absolute atomic E-state index is 12.4. The molecule has 18 heteroatoms. The van der Waals surface area contributed by atoms with Crippen LogP contribution in [-0.2, 0) is 9.59 Å². The van der Waals surface area contributed by atoms with Crippen LogP contribution in [0, 0.1) is 36.5 Å². The van der Waals surface area contributed by atoms with Crippen molar-refractivity contribution in [2.24, 2.45) is 11.5 Å². The Labute approximate surface area is 414 Å². The number of anilines is 2. The first-order valence-corrected chi connectivity index (χ1v) is 22.2. The molecule has 6 rings (SSSR count). The second kappa shape index (κ2) is 23.3. The zero-order chi connectivity index (χ0) is 44.4. The van der Waals surface area contributed by atoms with Crippen LogP contribution in [0.25, 0.3) is 0 Å². The monoisotopic (exact) mass is 1280 g/mol. The van der Waals surface area contributed by atoms with Crippen LogP contribution in [0.4, 0.5) is 11.4 Å². The molecule has 14 nitrogen and oxygen atoms in total. The van der Waals surface area contributed by atoms with Crippen molar-refractivity contribution in [3.05, 3.63) is 116 Å². The van der Waals surface area contributed by atoms with Crippen LogP contribution in [0.5, 0.6) is 23.3 Å². The van der Waals surface area contributed by atoms with Crippen LogP contribution in [0.3, 0.4) is 0 Å². The predicted molar refractivity (Wildman–Crippen MR) is 272 cm³/mol. The molecule has 6 N–H and O–H groups in total. The summed E-state index contributed by atoms with van der Waals surface area (Å²) in [4.78, 5) is 33.7. The molecule has 0 saturated carbocycles. The van der Waals surface area contributed by atoms with E-state index < -0.39 is 23.7 Å². The second-order valence-corrected chi connectivity index (χ2v) is 24.1. The van der Waals surface area contributed by atoms with E-state index in [-0.39, 0.29) is 24.0 Å². The number of hydrogen-bond donors (Lipinski definition) is 4. The number of fused-ring (bicyclic) bond motifs is 2. The second-order valence-electron chi connectivity index (χ2n) is 13.2. The fourth-order valence-corrected chi connectivity index (χ4v) is 7.13. The number of hydrogen-bond acceptors (Lipinski definition) is 12. The lowest BCUT2D eigenvalue weighted by Gasteiger charge is -2.32. The third-order valence-electron chi connectivity index (χ3n) is 9.57. The molecule has 2 amide bonds. The first-order chi connectivity index (χ1) is 28.6. The van der Waals surface area contributed by atoms with Gasteiger partial charge in [-0.05, 0) is 76.9 Å². The molecular weight excluding hydrogens is 1230 g/mol. The van der Waals surface area contributed by atoms with E-state index in [0.717, 1.165) is 33.6 Å². The summed E-state index contributed by atoms with van der Waals surface area (Å²) in [5, 5.41) is 25.0. The van der Waals surface area contributed by atoms with Crippen molar-refractivity contribution in [2.75, 3.05) is 38.1 Å². The summed E-state index contributed by atoms with van der Waals surface area (Å²) >= 11 is 6.95. The van der Waals surface area contributed by atoms with Gasteiger partial charge in [-0.15, -0.1) is 24.0 Å². The molecule has 2 unspecified atom stereocenters. The Kier molecular flexibility index (Phi) is 19.6. The van der Waals surface area contributed by atoms with Crippen molar-refractivity contribution in [3.63, 3.8) is 0 Å². The minimum atomic E-state index is -0.545. The van der Waals surface area contributed by atoms with Crippen LogP contribution in [0.15, 0.2) is 71.3 Å². The molecule has 0 saturated heterocycles. The number of methoxy groups -OCH3 is 2. The summed E-state index contributed by atoms with van der Waals surface area (Å²) in [5.41, 5.74) is 21.0. The Hall–Kier alpha value is -4.14. The Morgan fingerprint density at radius 1 is 0.721 bits per heavy atom. The average molecular weight is 1280 g/mol. The highest BCUT2D eigenvalue weighted by Crippen LogP contribution is 2.50. The van der Waals surface area contributed by atoms with Crippen molar-refractivity contribution >= 4 is 115 Å². The molecule has 2 aromatic carbocycles. The number of carbonyl (C=O) groups excluding carboxylic acids is 2. The Balaban J connectivity index is 0.000000295. The number of nitrogens with two attached hydrogens (primary N) is 2. The van der Waals surface area contributed by atoms with E-state index in [1.807, 2.05) is 41.5 Å². The first-order valence-electron chi connectivity index (χ1n) is 18.5. The van der Waals surface area contributed by atoms with E-state index in [1.165, 1.54) is 14.2 Å². The van der Waals surface area contributed by atoms with Gasteiger partial charge >= 0.3 is 0 Å². The Bertz CT molecular complexity index is 2280. The first kappa shape index (κ1) is 51.2. The normalized spacial score (nSPS) is 14.7. The number of amides is 2. The van der Waals surface area contributed by atoms with Gasteiger partial charge in [-0.1, -0.05) is 79.9 Å². The van der Waals surface area contributed by atoms with Gasteiger partial charge in [0.1, 0.15) is 11.4 Å². The topological polar surface area (TPSA) is 221 Å². The number of rotatable bonds is 10. The third-order valence-corrected chi connectivity index (χ3v) is 9.57. The van der Waals surface area contributed by atoms with E-state index >= 15 is 0 Å². The summed E-state index contributed by atoms with van der Waals surface area (Å²) in [6.45, 7) is 12.1. The molecule has 322 valence electrons. The number of allylic oxidation sites excluding steroid dienone is 2. The van der Waals surface area contributed by atoms with Crippen molar-refractivity contribution < 1.29 is 28.5 Å². The summed E-state index contributed by atoms with van der Waals surface area (Å²) in [7, 11) is 3.06. The summed E-state index contributed by atoms with van der Waals surface area (Å²) in [6, 6.07) is 14.4. The van der Waals surface area contributed by atoms with E-state index in [4.69, 9.17) is 30.4 Å². The molecule has 0 radical (unpaired) electrons. The average Bonchev–Trinajstić information content (AvgIpc) is 3.21. The summed E-state index contributed by atoms with van der Waals surface area (Å²) in [6.07, 6.45) is 3.46. The molecule has 61 heavy (non-hydrogen) atoms. The molecule has 2 aliphatic heterocycles. The van der Waals surface area contributed by atoms with Gasteiger partial charge in [0.2, 0.25) is 23.6 Å². The van der Waals surface area contributed by atoms with Gasteiger partial charge in [-0.2, -0.15) is 10.5 Å². The zero-order valence-electron chi connectivity index (χ0n) is 34.7. The molecule has 2 aliphatic rings. The van der Waals surface area contributed by atoms with Gasteiger partial charge in [0.15, 0.2) is 0 Å². The fraction of sp³-hybridized carbons (Fsp3) is 0.302. The number of carbonyl (C=O) groups is 2. The lowest BCUT2D eigenvalue weighted by atomic mass is 9.79. The van der Waals surface area contributed by atoms with Crippen LogP contribution < -0.4 is 41.0 Å². The highest BCUT2D eigenvalue weighted by molar-refractivity contribution is 14.3. The van der Waals surface area contributed by atoms with Crippen LogP contribution in [0.1, 0.15) is 84.0 Å². The summed E-state index contributed by atoms with van der Waals surface area (Å²) in [5.74, 6) is -0.320. The van der Waals surface area contributed by atoms with Crippen molar-refractivity contribution in [2.45, 2.75) is 53.3 Å². The molecule has 0 aliphatic carbocycles. The van der Waals surface area contributed by atoms with Crippen LogP contribution in [0.2, 0.25) is 0 Å². The predicted octanol–water partition coefficient (Wildman–Crippen LogP) is 9.16. The number of pyridine rings is 2. The van der Waals surface area contributed by atoms with Crippen LogP contribution >= 0.6 is 91.7 Å². The quantitative estimate of drug-likeness (QED) is 0.0863. The molecular formula is C43H46I4N8O6. The molecule has 4 aromatic rings. The van der Waals surface area contributed by atoms with E-state index in [1.54, 1.807) is 48.8 Å². The number of aryl methyl sites for hydroxylation is 2. The number of nitrogens with one attached hydrogen (secondary N) is 2. The van der Waals surface area contributed by atoms with Crippen molar-refractivity contribution in [3.8, 4) is 35.4 Å². The number of alkyl halides is 3. The molecule has 0 spiro atoms. The number of halogens is 4. The van der Waals surface area contributed by atoms with Crippen LogP contribution in [-0.4, -0.2) is 49.2 Å². The standard InChI is InChI=1S/2C21H22N4O3.CHI3.HI/c2*1-5-28-21-18-17(14-7-6-13(9-22)8-15(14)27-4)16(20(23)26)12(3)25-19(18)11(2)10-24-21;2-1(3)4;/h2*6-8,10,17,25H,5H2,1-4H3,(H2,23,26);1H;1H. The molecule has 2 atom stereocenters. The van der Waals surface area contributed by atoms with Gasteiger partial charge in [0.25, 0.3) is 0 Å². The van der Waals surface area contributed by atoms with Crippen molar-refractivity contribution in [1.29, 1.82) is 10.5 Å². The number of nitriles is 2. The lowest BCUT2D eigenvalue weighted by Crippen LogP contribution is -2.28. The maximum Gasteiger partial charge on any atom is 0.247 e. The van der Waals surface area contributed by atoms with E-state index in [2.05, 4.69) is 101 Å². The van der Waals surface area contributed by atoms with Gasteiger partial charge in [-0.25, -0.2) is 9.97 Å². The smallest absolute Gasteiger partial charge is 0.247 e. The Morgan fingerprint density at radius 2 is 1.07 bits per heavy atom. The number of aromatic nitrogens is 2. The molecule has 0 fully saturated rings. The lowest BCUT2D eigenvalue weighted by molar-refractivity contribution is -0.115. The molecule has 0 bridgehead atoms. The van der Waals surface area contributed by atoms with Gasteiger partial charge in [0.05, 0.1) is 85.0 Å². The summed E-state index contributed by atoms with van der Waals surface area (Å²) < 4.78 is 23.4. The largest absolute Gasteiger partial charge is 0.496 e. The van der Waals surface area contributed by atoms with Gasteiger partial charge in [0, 0.05) is 46.1 Å². The van der Waals surface area contributed by atoms with E-state index in [0.29, 0.717) is 81.3 Å². The number of primary amides is 2. The highest BCUT2D eigenvalue weighted by Gasteiger charge is 2.38. The molecule has 4 heterocycles. The zero-order valence-corrected chi connectivity index (χ0v) is 43.5. The number of benzene rings is 2. The minimum absolute atomic E-state index is 0.